The predicted molar refractivity (Wildman–Crippen MR) is 96.3 cm³/mol. The molecular weight excluding hydrogens is 322 g/mol. The fourth-order valence-corrected chi connectivity index (χ4v) is 4.54. The summed E-state index contributed by atoms with van der Waals surface area (Å²) < 4.78 is 23.9. The molecule has 0 radical (unpaired) electrons. The SMILES string of the molecule is CC(C)(C)S(=O)(=O)Cc1cccc(NC(=O)[C@@H]2C[C@H]3C=C[C@H]2C3)c1. The number of carbonyl (C=O) groups is 1. The zero-order valence-electron chi connectivity index (χ0n) is 14.5. The van der Waals surface area contributed by atoms with Crippen LogP contribution >= 0.6 is 0 Å². The maximum Gasteiger partial charge on any atom is 0.228 e. The van der Waals surface area contributed by atoms with Crippen molar-refractivity contribution in [1.82, 2.24) is 0 Å². The molecule has 2 aliphatic rings. The summed E-state index contributed by atoms with van der Waals surface area (Å²) in [5.74, 6) is 0.981. The molecule has 1 aromatic carbocycles. The molecule has 0 unspecified atom stereocenters. The van der Waals surface area contributed by atoms with E-state index in [1.165, 1.54) is 0 Å². The number of amides is 1. The molecule has 1 aromatic rings. The van der Waals surface area contributed by atoms with Crippen molar-refractivity contribution in [2.45, 2.75) is 44.1 Å². The minimum absolute atomic E-state index is 0.0168. The van der Waals surface area contributed by atoms with Gasteiger partial charge in [-0.2, -0.15) is 0 Å². The van der Waals surface area contributed by atoms with Gasteiger partial charge < -0.3 is 5.32 Å². The molecule has 0 heterocycles. The third-order valence-electron chi connectivity index (χ3n) is 5.10. The van der Waals surface area contributed by atoms with E-state index in [0.717, 1.165) is 12.8 Å². The lowest BCUT2D eigenvalue weighted by Gasteiger charge is -2.20. The number of anilines is 1. The van der Waals surface area contributed by atoms with Gasteiger partial charge in [0.05, 0.1) is 10.5 Å². The molecule has 0 aromatic heterocycles. The number of carbonyl (C=O) groups excluding carboxylic acids is 1. The number of hydrogen-bond donors (Lipinski definition) is 1. The van der Waals surface area contributed by atoms with Gasteiger partial charge in [0, 0.05) is 11.6 Å². The standard InChI is InChI=1S/C19H25NO3S/c1-19(2,3)24(22,23)12-14-5-4-6-16(10-14)20-18(21)17-11-13-7-8-15(17)9-13/h4-8,10,13,15,17H,9,11-12H2,1-3H3,(H,20,21)/t13-,15-,17+/m0/s1. The zero-order valence-corrected chi connectivity index (χ0v) is 15.3. The Kier molecular flexibility index (Phi) is 4.32. The Hall–Kier alpha value is -1.62. The molecule has 0 spiro atoms. The molecule has 2 aliphatic carbocycles. The molecule has 4 nitrogen and oxygen atoms in total. The van der Waals surface area contributed by atoms with Gasteiger partial charge in [0.1, 0.15) is 0 Å². The van der Waals surface area contributed by atoms with E-state index < -0.39 is 14.6 Å². The molecule has 0 saturated heterocycles. The summed E-state index contributed by atoms with van der Waals surface area (Å²) in [6, 6.07) is 7.17. The topological polar surface area (TPSA) is 63.2 Å². The van der Waals surface area contributed by atoms with E-state index in [1.807, 2.05) is 6.07 Å². The fraction of sp³-hybridized carbons (Fsp3) is 0.526. The van der Waals surface area contributed by atoms with E-state index in [9.17, 15) is 13.2 Å². The molecule has 130 valence electrons. The molecule has 1 saturated carbocycles. The summed E-state index contributed by atoms with van der Waals surface area (Å²) in [7, 11) is -3.24. The monoisotopic (exact) mass is 347 g/mol. The van der Waals surface area contributed by atoms with Crippen molar-refractivity contribution >= 4 is 21.4 Å². The van der Waals surface area contributed by atoms with Crippen molar-refractivity contribution in [2.75, 3.05) is 5.32 Å². The second kappa shape index (κ2) is 6.03. The minimum atomic E-state index is -3.24. The number of fused-ring (bicyclic) bond motifs is 2. The molecule has 3 atom stereocenters. The summed E-state index contributed by atoms with van der Waals surface area (Å²) >= 11 is 0. The van der Waals surface area contributed by atoms with E-state index in [1.54, 1.807) is 39.0 Å². The van der Waals surface area contributed by atoms with Gasteiger partial charge in [-0.05, 0) is 63.1 Å². The van der Waals surface area contributed by atoms with Crippen LogP contribution in [0.3, 0.4) is 0 Å². The molecule has 5 heteroatoms. The number of allylic oxidation sites excluding steroid dienone is 2. The van der Waals surface area contributed by atoms with Crippen LogP contribution in [0.4, 0.5) is 5.69 Å². The summed E-state index contributed by atoms with van der Waals surface area (Å²) in [6.07, 6.45) is 6.38. The van der Waals surface area contributed by atoms with Crippen LogP contribution in [0.15, 0.2) is 36.4 Å². The molecule has 2 bridgehead atoms. The van der Waals surface area contributed by atoms with Gasteiger partial charge in [-0.25, -0.2) is 8.42 Å². The predicted octanol–water partition coefficient (Wildman–Crippen LogP) is 3.55. The third-order valence-corrected chi connectivity index (χ3v) is 7.68. The lowest BCUT2D eigenvalue weighted by molar-refractivity contribution is -0.120. The number of hydrogen-bond acceptors (Lipinski definition) is 3. The smallest absolute Gasteiger partial charge is 0.228 e. The molecule has 1 N–H and O–H groups in total. The lowest BCUT2D eigenvalue weighted by atomic mass is 9.93. The molecule has 1 fully saturated rings. The first-order valence-electron chi connectivity index (χ1n) is 8.46. The zero-order chi connectivity index (χ0) is 17.5. The highest BCUT2D eigenvalue weighted by Gasteiger charge is 2.39. The average molecular weight is 347 g/mol. The van der Waals surface area contributed by atoms with Crippen LogP contribution < -0.4 is 5.32 Å². The van der Waals surface area contributed by atoms with Gasteiger partial charge in [0.25, 0.3) is 0 Å². The summed E-state index contributed by atoms with van der Waals surface area (Å²) in [5, 5.41) is 2.97. The van der Waals surface area contributed by atoms with Crippen LogP contribution in [-0.4, -0.2) is 19.1 Å². The Balaban J connectivity index is 1.70. The van der Waals surface area contributed by atoms with Crippen LogP contribution in [-0.2, 0) is 20.4 Å². The second-order valence-corrected chi connectivity index (χ2v) is 10.7. The lowest BCUT2D eigenvalue weighted by Crippen LogP contribution is -2.29. The largest absolute Gasteiger partial charge is 0.326 e. The van der Waals surface area contributed by atoms with Crippen molar-refractivity contribution in [3.05, 3.63) is 42.0 Å². The summed E-state index contributed by atoms with van der Waals surface area (Å²) in [6.45, 7) is 5.11. The molecular formula is C19H25NO3S. The fourth-order valence-electron chi connectivity index (χ4n) is 3.49. The Morgan fingerprint density at radius 2 is 1.96 bits per heavy atom. The van der Waals surface area contributed by atoms with Crippen LogP contribution in [0.5, 0.6) is 0 Å². The normalized spacial score (nSPS) is 25.9. The second-order valence-electron chi connectivity index (χ2n) is 7.95. The van der Waals surface area contributed by atoms with Gasteiger partial charge in [-0.15, -0.1) is 0 Å². The van der Waals surface area contributed by atoms with Crippen LogP contribution in [0.1, 0.15) is 39.2 Å². The number of nitrogens with one attached hydrogen (secondary N) is 1. The van der Waals surface area contributed by atoms with Gasteiger partial charge in [-0.1, -0.05) is 24.3 Å². The number of rotatable bonds is 4. The molecule has 3 rings (SSSR count). The van der Waals surface area contributed by atoms with E-state index in [0.29, 0.717) is 23.1 Å². The van der Waals surface area contributed by atoms with Gasteiger partial charge >= 0.3 is 0 Å². The quantitative estimate of drug-likeness (QED) is 0.847. The Labute approximate surface area is 144 Å². The Morgan fingerprint density at radius 1 is 1.21 bits per heavy atom. The first-order valence-corrected chi connectivity index (χ1v) is 10.1. The van der Waals surface area contributed by atoms with Crippen LogP contribution in [0, 0.1) is 17.8 Å². The summed E-state index contributed by atoms with van der Waals surface area (Å²) in [4.78, 5) is 12.5. The van der Waals surface area contributed by atoms with Gasteiger partial charge in [-0.3, -0.25) is 4.79 Å². The van der Waals surface area contributed by atoms with Crippen LogP contribution in [0.25, 0.3) is 0 Å². The van der Waals surface area contributed by atoms with Gasteiger partial charge in [0.2, 0.25) is 5.91 Å². The van der Waals surface area contributed by atoms with Crippen molar-refractivity contribution in [3.8, 4) is 0 Å². The van der Waals surface area contributed by atoms with E-state index in [4.69, 9.17) is 0 Å². The van der Waals surface area contributed by atoms with Crippen molar-refractivity contribution in [1.29, 1.82) is 0 Å². The third kappa shape index (κ3) is 3.41. The van der Waals surface area contributed by atoms with E-state index >= 15 is 0 Å². The van der Waals surface area contributed by atoms with E-state index in [2.05, 4.69) is 17.5 Å². The van der Waals surface area contributed by atoms with Gasteiger partial charge in [0.15, 0.2) is 9.84 Å². The number of benzene rings is 1. The maximum absolute atomic E-state index is 12.5. The molecule has 24 heavy (non-hydrogen) atoms. The van der Waals surface area contributed by atoms with Crippen molar-refractivity contribution in [2.24, 2.45) is 17.8 Å². The first-order chi connectivity index (χ1) is 11.2. The Bertz CT molecular complexity index is 774. The maximum atomic E-state index is 12.5. The average Bonchev–Trinajstić information content (AvgIpc) is 3.08. The highest BCUT2D eigenvalue weighted by atomic mass is 32.2. The summed E-state index contributed by atoms with van der Waals surface area (Å²) in [5.41, 5.74) is 1.38. The highest BCUT2D eigenvalue weighted by Crippen LogP contribution is 2.43. The van der Waals surface area contributed by atoms with Crippen LogP contribution in [0.2, 0.25) is 0 Å². The molecule has 1 amide bonds. The first kappa shape index (κ1) is 17.2. The molecule has 0 aliphatic heterocycles. The minimum Gasteiger partial charge on any atom is -0.326 e. The van der Waals surface area contributed by atoms with E-state index in [-0.39, 0.29) is 17.6 Å². The number of sulfone groups is 1. The Morgan fingerprint density at radius 3 is 2.54 bits per heavy atom. The van der Waals surface area contributed by atoms with Crippen molar-refractivity contribution < 1.29 is 13.2 Å². The van der Waals surface area contributed by atoms with Crippen molar-refractivity contribution in [3.63, 3.8) is 0 Å². The highest BCUT2D eigenvalue weighted by molar-refractivity contribution is 7.91.